The number of anilines is 1. The summed E-state index contributed by atoms with van der Waals surface area (Å²) in [7, 11) is 0. The molecule has 1 atom stereocenters. The van der Waals surface area contributed by atoms with Gasteiger partial charge in [-0.2, -0.15) is 0 Å². The molecule has 1 fully saturated rings. The molecule has 1 aromatic heterocycles. The van der Waals surface area contributed by atoms with Crippen LogP contribution in [-0.4, -0.2) is 34.3 Å². The van der Waals surface area contributed by atoms with E-state index in [1.165, 1.54) is 0 Å². The van der Waals surface area contributed by atoms with Crippen molar-refractivity contribution in [3.63, 3.8) is 0 Å². The zero-order chi connectivity index (χ0) is 18.6. The number of aromatic nitrogens is 1. The number of carbonyl (C=O) groups excluding carboxylic acids is 2. The molecule has 138 valence electrons. The maximum Gasteiger partial charge on any atom is 0.247 e. The van der Waals surface area contributed by atoms with Gasteiger partial charge in [-0.3, -0.25) is 9.59 Å². The summed E-state index contributed by atoms with van der Waals surface area (Å²) in [6.07, 6.45) is 4.65. The van der Waals surface area contributed by atoms with Crippen molar-refractivity contribution >= 4 is 28.4 Å². The van der Waals surface area contributed by atoms with Gasteiger partial charge in [0.1, 0.15) is 6.04 Å². The number of para-hydroxylation sites is 2. The van der Waals surface area contributed by atoms with Crippen molar-refractivity contribution in [1.82, 2.24) is 9.88 Å². The lowest BCUT2D eigenvalue weighted by Crippen LogP contribution is -2.43. The maximum atomic E-state index is 12.8. The summed E-state index contributed by atoms with van der Waals surface area (Å²) in [5.74, 6) is -0.0508. The maximum absolute atomic E-state index is 12.8. The molecule has 1 aliphatic heterocycles. The number of aromatic amines is 1. The number of H-pyrrole nitrogens is 1. The van der Waals surface area contributed by atoms with Gasteiger partial charge >= 0.3 is 0 Å². The van der Waals surface area contributed by atoms with E-state index < -0.39 is 0 Å². The van der Waals surface area contributed by atoms with Crippen molar-refractivity contribution in [3.05, 3.63) is 66.4 Å². The average Bonchev–Trinajstić information content (AvgIpc) is 3.34. The van der Waals surface area contributed by atoms with Crippen LogP contribution in [0.4, 0.5) is 5.69 Å². The predicted octanol–water partition coefficient (Wildman–Crippen LogP) is 3.73. The quantitative estimate of drug-likeness (QED) is 0.727. The first-order chi connectivity index (χ1) is 13.2. The fourth-order valence-electron chi connectivity index (χ4n) is 3.81. The summed E-state index contributed by atoms with van der Waals surface area (Å²) in [6.45, 7) is 0.652. The number of likely N-dealkylation sites (tertiary alicyclic amines) is 1. The molecule has 4 rings (SSSR count). The van der Waals surface area contributed by atoms with Crippen LogP contribution in [0.25, 0.3) is 10.9 Å². The molecule has 0 saturated carbocycles. The van der Waals surface area contributed by atoms with E-state index in [2.05, 4.69) is 16.4 Å². The number of nitrogens with one attached hydrogen (secondary N) is 2. The monoisotopic (exact) mass is 361 g/mol. The molecule has 3 aromatic rings. The van der Waals surface area contributed by atoms with E-state index in [9.17, 15) is 9.59 Å². The van der Waals surface area contributed by atoms with Gasteiger partial charge in [0, 0.05) is 35.8 Å². The smallest absolute Gasteiger partial charge is 0.247 e. The SMILES string of the molecule is O=C(Nc1ccccc1)[C@@H]1CCCN1C(=O)CCc1c[nH]c2ccccc12. The third-order valence-electron chi connectivity index (χ3n) is 5.20. The molecular formula is C22H23N3O2. The van der Waals surface area contributed by atoms with Gasteiger partial charge in [0.25, 0.3) is 0 Å². The number of nitrogens with zero attached hydrogens (tertiary/aromatic N) is 1. The molecule has 5 heteroatoms. The third kappa shape index (κ3) is 3.72. The minimum Gasteiger partial charge on any atom is -0.361 e. The van der Waals surface area contributed by atoms with Crippen LogP contribution in [0.2, 0.25) is 0 Å². The first kappa shape index (κ1) is 17.3. The van der Waals surface area contributed by atoms with Gasteiger partial charge in [0.15, 0.2) is 0 Å². The lowest BCUT2D eigenvalue weighted by Gasteiger charge is -2.24. The first-order valence-electron chi connectivity index (χ1n) is 9.43. The van der Waals surface area contributed by atoms with Crippen molar-refractivity contribution < 1.29 is 9.59 Å². The Morgan fingerprint density at radius 3 is 2.70 bits per heavy atom. The van der Waals surface area contributed by atoms with E-state index in [0.717, 1.165) is 35.0 Å². The highest BCUT2D eigenvalue weighted by molar-refractivity contribution is 5.97. The van der Waals surface area contributed by atoms with Gasteiger partial charge in [0.2, 0.25) is 11.8 Å². The first-order valence-corrected chi connectivity index (χ1v) is 9.43. The van der Waals surface area contributed by atoms with Crippen LogP contribution in [0, 0.1) is 0 Å². The molecule has 2 amide bonds. The Kier molecular flexibility index (Phi) is 4.92. The van der Waals surface area contributed by atoms with E-state index in [4.69, 9.17) is 0 Å². The standard InChI is InChI=1S/C22H23N3O2/c26-21(13-12-16-15-23-19-10-5-4-9-18(16)19)25-14-6-11-20(25)22(27)24-17-7-2-1-3-8-17/h1-5,7-10,15,20,23H,6,11-14H2,(H,24,27)/t20-/m0/s1. The summed E-state index contributed by atoms with van der Waals surface area (Å²) < 4.78 is 0. The summed E-state index contributed by atoms with van der Waals surface area (Å²) >= 11 is 0. The molecule has 0 aliphatic carbocycles. The van der Waals surface area contributed by atoms with Crippen LogP contribution in [0.15, 0.2) is 60.8 Å². The van der Waals surface area contributed by atoms with E-state index in [1.807, 2.05) is 54.7 Å². The number of hydrogen-bond donors (Lipinski definition) is 2. The Hall–Kier alpha value is -3.08. The molecule has 0 bridgehead atoms. The normalized spacial score (nSPS) is 16.6. The Balaban J connectivity index is 1.39. The van der Waals surface area contributed by atoms with Gasteiger partial charge < -0.3 is 15.2 Å². The number of hydrogen-bond acceptors (Lipinski definition) is 2. The largest absolute Gasteiger partial charge is 0.361 e. The van der Waals surface area contributed by atoms with E-state index >= 15 is 0 Å². The molecule has 0 radical (unpaired) electrons. The summed E-state index contributed by atoms with van der Waals surface area (Å²) in [4.78, 5) is 30.4. The Labute approximate surface area is 158 Å². The molecule has 0 unspecified atom stereocenters. The lowest BCUT2D eigenvalue weighted by molar-refractivity contribution is -0.136. The highest BCUT2D eigenvalue weighted by Gasteiger charge is 2.33. The molecule has 1 aliphatic rings. The summed E-state index contributed by atoms with van der Waals surface area (Å²) in [5.41, 5.74) is 2.99. The van der Waals surface area contributed by atoms with Crippen LogP contribution < -0.4 is 5.32 Å². The number of benzene rings is 2. The molecule has 1 saturated heterocycles. The number of amides is 2. The fourth-order valence-corrected chi connectivity index (χ4v) is 3.81. The minimum atomic E-state index is -0.374. The molecule has 2 aromatic carbocycles. The second kappa shape index (κ2) is 7.66. The Bertz CT molecular complexity index is 948. The molecule has 0 spiro atoms. The zero-order valence-corrected chi connectivity index (χ0v) is 15.2. The van der Waals surface area contributed by atoms with Crippen LogP contribution in [-0.2, 0) is 16.0 Å². The van der Waals surface area contributed by atoms with Gasteiger partial charge in [-0.15, -0.1) is 0 Å². The molecule has 2 heterocycles. The summed E-state index contributed by atoms with van der Waals surface area (Å²) in [6, 6.07) is 17.1. The Morgan fingerprint density at radius 1 is 1.07 bits per heavy atom. The van der Waals surface area contributed by atoms with E-state index in [-0.39, 0.29) is 17.9 Å². The third-order valence-corrected chi connectivity index (χ3v) is 5.20. The number of aryl methyl sites for hydroxylation is 1. The number of fused-ring (bicyclic) bond motifs is 1. The average molecular weight is 361 g/mol. The molecule has 5 nitrogen and oxygen atoms in total. The predicted molar refractivity (Wildman–Crippen MR) is 106 cm³/mol. The highest BCUT2D eigenvalue weighted by atomic mass is 16.2. The minimum absolute atomic E-state index is 0.0472. The van der Waals surface area contributed by atoms with Crippen molar-refractivity contribution in [2.75, 3.05) is 11.9 Å². The van der Waals surface area contributed by atoms with Crippen molar-refractivity contribution in [2.45, 2.75) is 31.7 Å². The Morgan fingerprint density at radius 2 is 1.85 bits per heavy atom. The summed E-state index contributed by atoms with van der Waals surface area (Å²) in [5, 5.41) is 4.08. The fraction of sp³-hybridized carbons (Fsp3) is 0.273. The lowest BCUT2D eigenvalue weighted by atomic mass is 10.1. The zero-order valence-electron chi connectivity index (χ0n) is 15.2. The van der Waals surface area contributed by atoms with Crippen LogP contribution in [0.1, 0.15) is 24.8 Å². The second-order valence-corrected chi connectivity index (χ2v) is 6.96. The number of carbonyl (C=O) groups is 2. The van der Waals surface area contributed by atoms with Gasteiger partial charge in [-0.25, -0.2) is 0 Å². The van der Waals surface area contributed by atoms with E-state index in [1.54, 1.807) is 4.90 Å². The van der Waals surface area contributed by atoms with Gasteiger partial charge in [0.05, 0.1) is 0 Å². The van der Waals surface area contributed by atoms with Crippen LogP contribution >= 0.6 is 0 Å². The molecule has 2 N–H and O–H groups in total. The second-order valence-electron chi connectivity index (χ2n) is 6.96. The molecular weight excluding hydrogens is 338 g/mol. The van der Waals surface area contributed by atoms with Crippen molar-refractivity contribution in [3.8, 4) is 0 Å². The number of rotatable bonds is 5. The van der Waals surface area contributed by atoms with Crippen molar-refractivity contribution in [2.24, 2.45) is 0 Å². The van der Waals surface area contributed by atoms with Crippen LogP contribution in [0.5, 0.6) is 0 Å². The van der Waals surface area contributed by atoms with E-state index in [0.29, 0.717) is 19.4 Å². The van der Waals surface area contributed by atoms with Gasteiger partial charge in [-0.05, 0) is 43.0 Å². The van der Waals surface area contributed by atoms with Gasteiger partial charge in [-0.1, -0.05) is 36.4 Å². The van der Waals surface area contributed by atoms with Crippen LogP contribution in [0.3, 0.4) is 0 Å². The molecule has 27 heavy (non-hydrogen) atoms. The highest BCUT2D eigenvalue weighted by Crippen LogP contribution is 2.23. The van der Waals surface area contributed by atoms with Crippen molar-refractivity contribution in [1.29, 1.82) is 0 Å². The topological polar surface area (TPSA) is 65.2 Å².